The molecule has 2 aliphatic rings. The number of amides is 1. The van der Waals surface area contributed by atoms with Gasteiger partial charge in [-0.3, -0.25) is 14.5 Å². The number of nitrogens with zero attached hydrogens (tertiary/aromatic N) is 1. The van der Waals surface area contributed by atoms with Crippen molar-refractivity contribution in [2.45, 2.75) is 38.5 Å². The number of carbonyl (C=O) groups is 2. The van der Waals surface area contributed by atoms with E-state index in [4.69, 9.17) is 23.2 Å². The summed E-state index contributed by atoms with van der Waals surface area (Å²) < 4.78 is 0. The second-order valence-electron chi connectivity index (χ2n) is 7.05. The first kappa shape index (κ1) is 18.3. The number of allylic oxidation sites excluding steroid dienone is 2. The van der Waals surface area contributed by atoms with Gasteiger partial charge >= 0.3 is 0 Å². The molecule has 1 aliphatic heterocycles. The number of Topliss-reactive ketones (excluding diaryl/α,β-unsaturated/α-hetero) is 1. The first-order valence-electron chi connectivity index (χ1n) is 9.07. The van der Waals surface area contributed by atoms with Gasteiger partial charge in [-0.15, -0.1) is 0 Å². The van der Waals surface area contributed by atoms with Gasteiger partial charge in [0.2, 0.25) is 5.91 Å². The zero-order valence-corrected chi connectivity index (χ0v) is 16.5. The van der Waals surface area contributed by atoms with E-state index < -0.39 is 0 Å². The van der Waals surface area contributed by atoms with E-state index in [1.807, 2.05) is 43.3 Å². The van der Waals surface area contributed by atoms with Crippen LogP contribution in [0.5, 0.6) is 0 Å². The molecule has 0 radical (unpaired) electrons. The maximum absolute atomic E-state index is 13.2. The first-order chi connectivity index (χ1) is 13.0. The maximum atomic E-state index is 13.2. The number of hydrogen-bond acceptors (Lipinski definition) is 2. The second kappa shape index (κ2) is 7.14. The Balaban J connectivity index is 1.91. The first-order valence-corrected chi connectivity index (χ1v) is 9.83. The quantitative estimate of drug-likeness (QED) is 0.636. The fraction of sp³-hybridized carbons (Fsp3) is 0.273. The molecule has 1 atom stereocenters. The van der Waals surface area contributed by atoms with Crippen molar-refractivity contribution in [2.75, 3.05) is 4.90 Å². The van der Waals surface area contributed by atoms with Crippen LogP contribution >= 0.6 is 23.2 Å². The molecule has 0 fully saturated rings. The van der Waals surface area contributed by atoms with Crippen LogP contribution in [0.3, 0.4) is 0 Å². The molecule has 5 heteroatoms. The molecule has 0 bridgehead atoms. The predicted octanol–water partition coefficient (Wildman–Crippen LogP) is 5.83. The average molecular weight is 400 g/mol. The lowest BCUT2D eigenvalue weighted by Crippen LogP contribution is -2.41. The van der Waals surface area contributed by atoms with Crippen LogP contribution in [0.2, 0.25) is 10.0 Å². The molecule has 27 heavy (non-hydrogen) atoms. The van der Waals surface area contributed by atoms with Crippen LogP contribution in [0.25, 0.3) is 0 Å². The number of para-hydroxylation sites is 1. The molecule has 4 rings (SSSR count). The molecule has 3 nitrogen and oxygen atoms in total. The smallest absolute Gasteiger partial charge is 0.232 e. The standard InChI is InChI=1S/C22H19Cl2NO2/c1-13-6-2-3-9-17(13)25-18-10-5-11-19(26)21(18)15(12-20(25)27)14-7-4-8-16(23)22(14)24/h2-4,6-9,15H,5,10-12H2,1H3. The Labute approximate surface area is 168 Å². The number of aryl methyl sites for hydroxylation is 1. The van der Waals surface area contributed by atoms with Gasteiger partial charge in [-0.05, 0) is 43.0 Å². The lowest BCUT2D eigenvalue weighted by Gasteiger charge is -2.39. The van der Waals surface area contributed by atoms with Crippen LogP contribution in [-0.2, 0) is 9.59 Å². The van der Waals surface area contributed by atoms with Crippen molar-refractivity contribution in [2.24, 2.45) is 0 Å². The summed E-state index contributed by atoms with van der Waals surface area (Å²) in [5, 5.41) is 0.861. The molecule has 2 aromatic rings. The van der Waals surface area contributed by atoms with Gasteiger partial charge in [0.25, 0.3) is 0 Å². The third-order valence-corrected chi connectivity index (χ3v) is 6.22. The van der Waals surface area contributed by atoms with E-state index in [0.29, 0.717) is 28.5 Å². The summed E-state index contributed by atoms with van der Waals surface area (Å²) in [6.07, 6.45) is 2.17. The number of rotatable bonds is 2. The highest BCUT2D eigenvalue weighted by Crippen LogP contribution is 2.46. The third-order valence-electron chi connectivity index (χ3n) is 5.39. The van der Waals surface area contributed by atoms with Crippen molar-refractivity contribution in [1.82, 2.24) is 0 Å². The van der Waals surface area contributed by atoms with Crippen molar-refractivity contribution < 1.29 is 9.59 Å². The molecule has 0 spiro atoms. The van der Waals surface area contributed by atoms with Crippen LogP contribution in [0, 0.1) is 6.92 Å². The zero-order chi connectivity index (χ0) is 19.1. The molecule has 2 aromatic carbocycles. The highest BCUT2D eigenvalue weighted by atomic mass is 35.5. The number of anilines is 1. The molecule has 1 aliphatic carbocycles. The van der Waals surface area contributed by atoms with Gasteiger partial charge in [0.15, 0.2) is 5.78 Å². The molecule has 1 amide bonds. The molecular formula is C22H19Cl2NO2. The summed E-state index contributed by atoms with van der Waals surface area (Å²) in [6.45, 7) is 1.98. The molecule has 1 heterocycles. The van der Waals surface area contributed by atoms with Crippen molar-refractivity contribution in [3.63, 3.8) is 0 Å². The minimum atomic E-state index is -0.341. The lowest BCUT2D eigenvalue weighted by molar-refractivity contribution is -0.119. The van der Waals surface area contributed by atoms with E-state index in [-0.39, 0.29) is 24.0 Å². The SMILES string of the molecule is Cc1ccccc1N1C(=O)CC(c2cccc(Cl)c2Cl)C2=C1CCCC2=O. The number of ketones is 1. The molecular weight excluding hydrogens is 381 g/mol. The van der Waals surface area contributed by atoms with Gasteiger partial charge in [0.1, 0.15) is 0 Å². The number of benzene rings is 2. The van der Waals surface area contributed by atoms with Gasteiger partial charge in [0, 0.05) is 30.0 Å². The third kappa shape index (κ3) is 3.09. The Morgan fingerprint density at radius 2 is 1.78 bits per heavy atom. The van der Waals surface area contributed by atoms with E-state index in [2.05, 4.69) is 0 Å². The lowest BCUT2D eigenvalue weighted by atomic mass is 9.77. The molecule has 0 saturated heterocycles. The normalized spacial score (nSPS) is 20.1. The molecule has 0 N–H and O–H groups in total. The van der Waals surface area contributed by atoms with Crippen molar-refractivity contribution >= 4 is 40.6 Å². The highest BCUT2D eigenvalue weighted by molar-refractivity contribution is 6.42. The number of carbonyl (C=O) groups excluding carboxylic acids is 2. The fourth-order valence-electron chi connectivity index (χ4n) is 4.14. The van der Waals surface area contributed by atoms with Gasteiger partial charge < -0.3 is 0 Å². The zero-order valence-electron chi connectivity index (χ0n) is 15.0. The van der Waals surface area contributed by atoms with E-state index in [1.54, 1.807) is 11.0 Å². The van der Waals surface area contributed by atoms with Gasteiger partial charge in [-0.1, -0.05) is 53.5 Å². The summed E-state index contributed by atoms with van der Waals surface area (Å²) in [7, 11) is 0. The Hall–Kier alpha value is -2.10. The fourth-order valence-corrected chi connectivity index (χ4v) is 4.58. The Morgan fingerprint density at radius 1 is 1.00 bits per heavy atom. The summed E-state index contributed by atoms with van der Waals surface area (Å²) in [4.78, 5) is 27.8. The minimum Gasteiger partial charge on any atom is -0.294 e. The molecule has 1 unspecified atom stereocenters. The summed E-state index contributed by atoms with van der Waals surface area (Å²) in [6, 6.07) is 13.2. The largest absolute Gasteiger partial charge is 0.294 e. The Morgan fingerprint density at radius 3 is 2.56 bits per heavy atom. The van der Waals surface area contributed by atoms with Crippen LogP contribution in [0.4, 0.5) is 5.69 Å². The van der Waals surface area contributed by atoms with Gasteiger partial charge in [-0.2, -0.15) is 0 Å². The van der Waals surface area contributed by atoms with E-state index in [9.17, 15) is 9.59 Å². The maximum Gasteiger partial charge on any atom is 0.232 e. The van der Waals surface area contributed by atoms with Crippen LogP contribution in [-0.4, -0.2) is 11.7 Å². The highest BCUT2D eigenvalue weighted by Gasteiger charge is 2.40. The van der Waals surface area contributed by atoms with Crippen molar-refractivity contribution in [3.8, 4) is 0 Å². The predicted molar refractivity (Wildman–Crippen MR) is 108 cm³/mol. The Bertz CT molecular complexity index is 980. The van der Waals surface area contributed by atoms with E-state index in [0.717, 1.165) is 28.9 Å². The summed E-state index contributed by atoms with van der Waals surface area (Å²) >= 11 is 12.6. The van der Waals surface area contributed by atoms with E-state index >= 15 is 0 Å². The monoisotopic (exact) mass is 399 g/mol. The van der Waals surface area contributed by atoms with Crippen LogP contribution in [0.1, 0.15) is 42.7 Å². The van der Waals surface area contributed by atoms with Crippen molar-refractivity contribution in [1.29, 1.82) is 0 Å². The molecule has 0 aromatic heterocycles. The van der Waals surface area contributed by atoms with Crippen LogP contribution in [0.15, 0.2) is 53.7 Å². The summed E-state index contributed by atoms with van der Waals surface area (Å²) in [5.41, 5.74) is 4.14. The second-order valence-corrected chi connectivity index (χ2v) is 7.84. The average Bonchev–Trinajstić information content (AvgIpc) is 2.65. The molecule has 138 valence electrons. The topological polar surface area (TPSA) is 37.4 Å². The van der Waals surface area contributed by atoms with Crippen molar-refractivity contribution in [3.05, 3.63) is 74.9 Å². The van der Waals surface area contributed by atoms with E-state index in [1.165, 1.54) is 0 Å². The summed E-state index contributed by atoms with van der Waals surface area (Å²) in [5.74, 6) is -0.256. The number of hydrogen-bond donors (Lipinski definition) is 0. The minimum absolute atomic E-state index is 0.0150. The number of halogens is 2. The Kier molecular flexibility index (Phi) is 4.83. The molecule has 0 saturated carbocycles. The van der Waals surface area contributed by atoms with Gasteiger partial charge in [-0.25, -0.2) is 0 Å². The van der Waals surface area contributed by atoms with Crippen LogP contribution < -0.4 is 4.90 Å². The van der Waals surface area contributed by atoms with Gasteiger partial charge in [0.05, 0.1) is 15.7 Å².